The van der Waals surface area contributed by atoms with Crippen molar-refractivity contribution in [3.8, 4) is 5.75 Å². The fourth-order valence-electron chi connectivity index (χ4n) is 1.12. The van der Waals surface area contributed by atoms with Crippen LogP contribution in [0.15, 0.2) is 30.5 Å². The maximum Gasteiger partial charge on any atom is 0.348 e. The predicted octanol–water partition coefficient (Wildman–Crippen LogP) is 1.86. The first-order chi connectivity index (χ1) is 7.66. The number of aromatic nitrogens is 2. The summed E-state index contributed by atoms with van der Waals surface area (Å²) in [5.74, 6) is 0.0162. The largest absolute Gasteiger partial charge is 0.423 e. The van der Waals surface area contributed by atoms with Gasteiger partial charge in [0.1, 0.15) is 17.1 Å². The molecule has 0 bridgehead atoms. The predicted molar refractivity (Wildman–Crippen MR) is 59.4 cm³/mol. The van der Waals surface area contributed by atoms with Gasteiger partial charge < -0.3 is 10.5 Å². The van der Waals surface area contributed by atoms with Crippen LogP contribution in [0.3, 0.4) is 0 Å². The lowest BCUT2D eigenvalue weighted by Gasteiger charge is -2.02. The minimum atomic E-state index is -0.562. The van der Waals surface area contributed by atoms with E-state index in [2.05, 4.69) is 10.2 Å². The zero-order chi connectivity index (χ0) is 11.5. The monoisotopic (exact) mass is 237 g/mol. The highest BCUT2D eigenvalue weighted by Crippen LogP contribution is 2.17. The van der Waals surface area contributed by atoms with Gasteiger partial charge in [0.2, 0.25) is 0 Å². The number of nitrogen functional groups attached to an aromatic ring is 1. The fourth-order valence-corrected chi connectivity index (χ4v) is 1.25. The van der Waals surface area contributed by atoms with Crippen LogP contribution in [-0.2, 0) is 0 Å². The van der Waals surface area contributed by atoms with Crippen molar-refractivity contribution in [1.29, 1.82) is 0 Å². The number of rotatable bonds is 2. The summed E-state index contributed by atoms with van der Waals surface area (Å²) in [5.41, 5.74) is 5.68. The highest BCUT2D eigenvalue weighted by Gasteiger charge is 2.13. The van der Waals surface area contributed by atoms with Gasteiger partial charge in [-0.3, -0.25) is 5.10 Å². The van der Waals surface area contributed by atoms with Gasteiger partial charge in [-0.25, -0.2) is 4.79 Å². The summed E-state index contributed by atoms with van der Waals surface area (Å²) in [5, 5.41) is 6.65. The molecule has 1 aromatic carbocycles. The van der Waals surface area contributed by atoms with Gasteiger partial charge in [-0.2, -0.15) is 5.10 Å². The van der Waals surface area contributed by atoms with Gasteiger partial charge in [-0.05, 0) is 24.3 Å². The maximum absolute atomic E-state index is 11.6. The second-order valence-electron chi connectivity index (χ2n) is 3.04. The zero-order valence-corrected chi connectivity index (χ0v) is 8.86. The number of carbonyl (C=O) groups excluding carboxylic acids is 1. The average molecular weight is 238 g/mol. The van der Waals surface area contributed by atoms with Gasteiger partial charge in [0.15, 0.2) is 0 Å². The molecule has 0 amide bonds. The standard InChI is InChI=1S/C10H8ClN3O2/c11-6-1-3-7(4-2-6)16-10(15)8-5-13-14-9(8)12/h1-5H,(H3,12,13,14). The molecule has 1 aromatic heterocycles. The number of halogens is 1. The first-order valence-corrected chi connectivity index (χ1v) is 4.81. The van der Waals surface area contributed by atoms with E-state index in [4.69, 9.17) is 22.1 Å². The Morgan fingerprint density at radius 3 is 2.62 bits per heavy atom. The molecule has 0 fully saturated rings. The molecule has 0 atom stereocenters. The molecule has 2 rings (SSSR count). The Morgan fingerprint density at radius 2 is 2.06 bits per heavy atom. The van der Waals surface area contributed by atoms with Gasteiger partial charge in [-0.1, -0.05) is 11.6 Å². The van der Waals surface area contributed by atoms with E-state index in [0.29, 0.717) is 10.8 Å². The van der Waals surface area contributed by atoms with Crippen molar-refractivity contribution in [2.75, 3.05) is 5.73 Å². The number of anilines is 1. The highest BCUT2D eigenvalue weighted by molar-refractivity contribution is 6.30. The zero-order valence-electron chi connectivity index (χ0n) is 8.11. The minimum absolute atomic E-state index is 0.180. The molecule has 0 radical (unpaired) electrons. The third kappa shape index (κ3) is 2.14. The first kappa shape index (κ1) is 10.5. The van der Waals surface area contributed by atoms with Gasteiger partial charge >= 0.3 is 5.97 Å². The van der Waals surface area contributed by atoms with E-state index >= 15 is 0 Å². The molecule has 3 N–H and O–H groups in total. The Kier molecular flexibility index (Phi) is 2.78. The molecular formula is C10H8ClN3O2. The smallest absolute Gasteiger partial charge is 0.348 e. The number of aromatic amines is 1. The molecule has 0 spiro atoms. The second kappa shape index (κ2) is 4.24. The molecular weight excluding hydrogens is 230 g/mol. The number of nitrogens with one attached hydrogen (secondary N) is 1. The summed E-state index contributed by atoms with van der Waals surface area (Å²) in [4.78, 5) is 11.6. The van der Waals surface area contributed by atoms with E-state index in [0.717, 1.165) is 0 Å². The van der Waals surface area contributed by atoms with Crippen molar-refractivity contribution < 1.29 is 9.53 Å². The molecule has 2 aromatic rings. The highest BCUT2D eigenvalue weighted by atomic mass is 35.5. The molecule has 0 aliphatic carbocycles. The number of ether oxygens (including phenoxy) is 1. The van der Waals surface area contributed by atoms with Crippen molar-refractivity contribution in [2.24, 2.45) is 0 Å². The van der Waals surface area contributed by atoms with Gasteiger partial charge in [0.25, 0.3) is 0 Å². The molecule has 0 aliphatic heterocycles. The van der Waals surface area contributed by atoms with Crippen LogP contribution in [0.5, 0.6) is 5.75 Å². The molecule has 0 saturated carbocycles. The summed E-state index contributed by atoms with van der Waals surface area (Å²) >= 11 is 5.70. The number of nitrogens with two attached hydrogens (primary N) is 1. The maximum atomic E-state index is 11.6. The van der Waals surface area contributed by atoms with Gasteiger partial charge in [0.05, 0.1) is 6.20 Å². The SMILES string of the molecule is Nc1[nH]ncc1C(=O)Oc1ccc(Cl)cc1. The fraction of sp³-hybridized carbons (Fsp3) is 0. The number of esters is 1. The lowest BCUT2D eigenvalue weighted by molar-refractivity contribution is 0.0736. The molecule has 0 aliphatic rings. The lowest BCUT2D eigenvalue weighted by atomic mass is 10.3. The second-order valence-corrected chi connectivity index (χ2v) is 3.48. The van der Waals surface area contributed by atoms with Crippen LogP contribution < -0.4 is 10.5 Å². The number of hydrogen-bond acceptors (Lipinski definition) is 4. The Labute approximate surface area is 96.2 Å². The van der Waals surface area contributed by atoms with E-state index in [1.807, 2.05) is 0 Å². The van der Waals surface area contributed by atoms with Crippen molar-refractivity contribution in [3.05, 3.63) is 41.0 Å². The lowest BCUT2D eigenvalue weighted by Crippen LogP contribution is -2.09. The number of H-pyrrole nitrogens is 1. The van der Waals surface area contributed by atoms with E-state index < -0.39 is 5.97 Å². The van der Waals surface area contributed by atoms with Crippen molar-refractivity contribution in [2.45, 2.75) is 0 Å². The Morgan fingerprint density at radius 1 is 1.38 bits per heavy atom. The Balaban J connectivity index is 2.14. The quantitative estimate of drug-likeness (QED) is 0.617. The normalized spacial score (nSPS) is 10.1. The Bertz CT molecular complexity index is 507. The summed E-state index contributed by atoms with van der Waals surface area (Å²) in [7, 11) is 0. The minimum Gasteiger partial charge on any atom is -0.423 e. The molecule has 0 unspecified atom stereocenters. The molecule has 0 saturated heterocycles. The third-order valence-electron chi connectivity index (χ3n) is 1.91. The number of benzene rings is 1. The molecule has 5 nitrogen and oxygen atoms in total. The average Bonchev–Trinajstić information content (AvgIpc) is 2.68. The summed E-state index contributed by atoms with van der Waals surface area (Å²) in [6, 6.07) is 6.44. The van der Waals surface area contributed by atoms with Crippen LogP contribution in [-0.4, -0.2) is 16.2 Å². The first-order valence-electron chi connectivity index (χ1n) is 4.43. The summed E-state index contributed by atoms with van der Waals surface area (Å²) < 4.78 is 5.06. The van der Waals surface area contributed by atoms with Crippen molar-refractivity contribution in [1.82, 2.24) is 10.2 Å². The van der Waals surface area contributed by atoms with Crippen molar-refractivity contribution in [3.63, 3.8) is 0 Å². The molecule has 16 heavy (non-hydrogen) atoms. The number of nitrogens with zero attached hydrogens (tertiary/aromatic N) is 1. The van der Waals surface area contributed by atoms with Crippen LogP contribution in [0.25, 0.3) is 0 Å². The number of carbonyl (C=O) groups is 1. The van der Waals surface area contributed by atoms with E-state index in [1.54, 1.807) is 24.3 Å². The molecule has 6 heteroatoms. The van der Waals surface area contributed by atoms with Crippen LogP contribution >= 0.6 is 11.6 Å². The van der Waals surface area contributed by atoms with Crippen LogP contribution in [0, 0.1) is 0 Å². The van der Waals surface area contributed by atoms with Crippen LogP contribution in [0.4, 0.5) is 5.82 Å². The topological polar surface area (TPSA) is 81.0 Å². The van der Waals surface area contributed by atoms with Crippen LogP contribution in [0.2, 0.25) is 5.02 Å². The van der Waals surface area contributed by atoms with Gasteiger partial charge in [-0.15, -0.1) is 0 Å². The molecule has 1 heterocycles. The van der Waals surface area contributed by atoms with E-state index in [1.165, 1.54) is 6.20 Å². The van der Waals surface area contributed by atoms with E-state index in [-0.39, 0.29) is 11.4 Å². The molecule has 82 valence electrons. The number of hydrogen-bond donors (Lipinski definition) is 2. The van der Waals surface area contributed by atoms with Crippen molar-refractivity contribution >= 4 is 23.4 Å². The Hall–Kier alpha value is -2.01. The third-order valence-corrected chi connectivity index (χ3v) is 2.16. The summed E-state index contributed by atoms with van der Waals surface area (Å²) in [6.07, 6.45) is 1.31. The summed E-state index contributed by atoms with van der Waals surface area (Å²) in [6.45, 7) is 0. The van der Waals surface area contributed by atoms with E-state index in [9.17, 15) is 4.79 Å². The van der Waals surface area contributed by atoms with Crippen LogP contribution in [0.1, 0.15) is 10.4 Å². The van der Waals surface area contributed by atoms with Gasteiger partial charge in [0, 0.05) is 5.02 Å².